The molecule has 2 fully saturated rings. The van der Waals surface area contributed by atoms with Gasteiger partial charge in [0.05, 0.1) is 53.0 Å². The molecule has 54 heavy (non-hydrogen) atoms. The number of alkyl halides is 3. The molecule has 0 bridgehead atoms. The first-order valence-electron chi connectivity index (χ1n) is 17.9. The van der Waals surface area contributed by atoms with Gasteiger partial charge in [-0.1, -0.05) is 24.0 Å². The van der Waals surface area contributed by atoms with Crippen LogP contribution >= 0.6 is 0 Å². The van der Waals surface area contributed by atoms with Crippen molar-refractivity contribution >= 4 is 17.4 Å². The summed E-state index contributed by atoms with van der Waals surface area (Å²) in [4.78, 5) is 28.7. The molecule has 7 rings (SSSR count). The molecule has 11 nitrogen and oxygen atoms in total. The van der Waals surface area contributed by atoms with E-state index in [-0.39, 0.29) is 42.7 Å². The number of carbonyl (C=O) groups is 1. The second kappa shape index (κ2) is 14.3. The molecule has 4 aliphatic rings. The molecule has 0 aliphatic carbocycles. The third kappa shape index (κ3) is 6.64. The number of hydrogen-bond acceptors (Lipinski definition) is 9. The summed E-state index contributed by atoms with van der Waals surface area (Å²) in [6.45, 7) is 10.4. The van der Waals surface area contributed by atoms with Crippen molar-refractivity contribution in [3.8, 4) is 29.7 Å². The molecular weight excluding hydrogens is 704 g/mol. The predicted octanol–water partition coefficient (Wildman–Crippen LogP) is 5.26. The van der Waals surface area contributed by atoms with Crippen molar-refractivity contribution in [1.29, 1.82) is 0 Å². The number of aromatic nitrogens is 4. The van der Waals surface area contributed by atoms with Gasteiger partial charge >= 0.3 is 12.2 Å². The van der Waals surface area contributed by atoms with Gasteiger partial charge in [0.2, 0.25) is 0 Å². The maximum absolute atomic E-state index is 15.8. The Morgan fingerprint density at radius 2 is 1.93 bits per heavy atom. The van der Waals surface area contributed by atoms with E-state index >= 15 is 4.39 Å². The van der Waals surface area contributed by atoms with Crippen LogP contribution in [0.5, 0.6) is 6.01 Å². The molecule has 284 valence electrons. The lowest BCUT2D eigenvalue weighted by molar-refractivity contribution is -0.140. The van der Waals surface area contributed by atoms with E-state index in [1.165, 1.54) is 11.8 Å². The summed E-state index contributed by atoms with van der Waals surface area (Å²) in [6.07, 6.45) is -3.19. The Hall–Kier alpha value is -5.12. The molecule has 15 heteroatoms. The van der Waals surface area contributed by atoms with Crippen molar-refractivity contribution in [2.45, 2.75) is 83.5 Å². The Balaban J connectivity index is 1.32. The Morgan fingerprint density at radius 1 is 1.15 bits per heavy atom. The highest BCUT2D eigenvalue weighted by Crippen LogP contribution is 2.45. The van der Waals surface area contributed by atoms with E-state index in [9.17, 15) is 18.0 Å². The smallest absolute Gasteiger partial charge is 0.418 e. The van der Waals surface area contributed by atoms with Gasteiger partial charge in [0.15, 0.2) is 11.5 Å². The Morgan fingerprint density at radius 3 is 2.65 bits per heavy atom. The normalized spacial score (nSPS) is 20.9. The fourth-order valence-electron chi connectivity index (χ4n) is 8.24. The van der Waals surface area contributed by atoms with Gasteiger partial charge in [0.25, 0.3) is 5.91 Å². The highest BCUT2D eigenvalue weighted by atomic mass is 19.4. The Labute approximate surface area is 311 Å². The largest absolute Gasteiger partial charge is 0.461 e. The third-order valence-electron chi connectivity index (χ3n) is 10.6. The van der Waals surface area contributed by atoms with E-state index in [1.807, 2.05) is 4.90 Å². The molecule has 2 unspecified atom stereocenters. The number of amides is 1. The van der Waals surface area contributed by atoms with Gasteiger partial charge in [-0.3, -0.25) is 14.4 Å². The van der Waals surface area contributed by atoms with Crippen molar-refractivity contribution in [3.63, 3.8) is 0 Å². The number of rotatable bonds is 6. The third-order valence-corrected chi connectivity index (χ3v) is 10.6. The number of hydrogen-bond donors (Lipinski definition) is 1. The second-order valence-electron chi connectivity index (χ2n) is 14.5. The van der Waals surface area contributed by atoms with Gasteiger partial charge in [0.1, 0.15) is 12.4 Å². The lowest BCUT2D eigenvalue weighted by atomic mass is 9.90. The van der Waals surface area contributed by atoms with Crippen LogP contribution in [0.4, 0.5) is 29.1 Å². The van der Waals surface area contributed by atoms with E-state index in [4.69, 9.17) is 25.2 Å². The summed E-state index contributed by atoms with van der Waals surface area (Å²) in [5.41, 5.74) is 6.37. The topological polar surface area (TPSA) is 115 Å². The monoisotopic (exact) mass is 746 g/mol. The van der Waals surface area contributed by atoms with Crippen LogP contribution in [0, 0.1) is 29.5 Å². The standard InChI is InChI=1S/C39H42F4N8O3/c1-6-10-24-16-27(44)33(40)31(32(24)39(41,42)43)30-17-28-26(21-53-30)35(46-37(45-28)54-22-38-12-8-14-50(38)19-23(3)18-38)49-13-9-15-51-29(20-49)25(11-7-2)34(47-51)36(52)48(4)5/h16,30H,3,8-9,12-15,17-22,44H2,1-2,4-5H3. The molecule has 2 aromatic heterocycles. The lowest BCUT2D eigenvalue weighted by Crippen LogP contribution is -2.43. The first-order chi connectivity index (χ1) is 25.7. The number of halogens is 4. The number of nitrogens with zero attached hydrogens (tertiary/aromatic N) is 7. The summed E-state index contributed by atoms with van der Waals surface area (Å²) in [6, 6.07) is 0.961. The van der Waals surface area contributed by atoms with E-state index in [2.05, 4.69) is 40.3 Å². The van der Waals surface area contributed by atoms with E-state index < -0.39 is 40.5 Å². The first-order valence-corrected chi connectivity index (χ1v) is 17.9. The average molecular weight is 747 g/mol. The van der Waals surface area contributed by atoms with E-state index in [0.29, 0.717) is 48.8 Å². The summed E-state index contributed by atoms with van der Waals surface area (Å²) < 4.78 is 74.1. The van der Waals surface area contributed by atoms with Crippen LogP contribution in [0.25, 0.3) is 0 Å². The Kier molecular flexibility index (Phi) is 9.83. The number of anilines is 2. The number of benzene rings is 1. The molecule has 0 saturated carbocycles. The predicted molar refractivity (Wildman–Crippen MR) is 193 cm³/mol. The number of carbonyl (C=O) groups excluding carboxylic acids is 1. The Bertz CT molecular complexity index is 2160. The zero-order valence-corrected chi connectivity index (χ0v) is 30.8. The lowest BCUT2D eigenvalue weighted by Gasteiger charge is -2.33. The molecule has 6 heterocycles. The van der Waals surface area contributed by atoms with Crippen LogP contribution in [-0.2, 0) is 37.0 Å². The molecule has 1 aromatic carbocycles. The highest BCUT2D eigenvalue weighted by Gasteiger charge is 2.47. The van der Waals surface area contributed by atoms with Crippen LogP contribution in [0.15, 0.2) is 18.2 Å². The van der Waals surface area contributed by atoms with Crippen LogP contribution in [0.2, 0.25) is 0 Å². The molecular formula is C39H42F4N8O3. The SMILES string of the molecule is C=C1CN2CCCC2(COc2nc3c(c(N4CCCn5nc(C(=O)N(C)C)c(C#CC)c5C4)n2)COC(c2c(F)c(N)cc(C#CC)c2C(F)(F)F)C3)C1. The maximum Gasteiger partial charge on any atom is 0.418 e. The van der Waals surface area contributed by atoms with Crippen molar-refractivity contribution < 1.29 is 31.8 Å². The highest BCUT2D eigenvalue weighted by molar-refractivity contribution is 5.95. The van der Waals surface area contributed by atoms with E-state index in [0.717, 1.165) is 49.7 Å². The minimum Gasteiger partial charge on any atom is -0.461 e. The molecule has 0 radical (unpaired) electrons. The molecule has 2 N–H and O–H groups in total. The van der Waals surface area contributed by atoms with Crippen molar-refractivity contribution in [1.82, 2.24) is 29.5 Å². The second-order valence-corrected chi connectivity index (χ2v) is 14.5. The summed E-state index contributed by atoms with van der Waals surface area (Å²) in [7, 11) is 3.31. The van der Waals surface area contributed by atoms with Crippen molar-refractivity contribution in [2.24, 2.45) is 0 Å². The van der Waals surface area contributed by atoms with Crippen molar-refractivity contribution in [2.75, 3.05) is 51.0 Å². The number of nitrogen functional groups attached to an aromatic ring is 1. The molecule has 2 saturated heterocycles. The number of ether oxygens (including phenoxy) is 2. The fraction of sp³-hybridized carbons (Fsp3) is 0.487. The summed E-state index contributed by atoms with van der Waals surface area (Å²) >= 11 is 0. The zero-order valence-electron chi connectivity index (χ0n) is 30.8. The van der Waals surface area contributed by atoms with Gasteiger partial charge < -0.3 is 25.0 Å². The van der Waals surface area contributed by atoms with Crippen LogP contribution in [-0.4, -0.2) is 81.3 Å². The van der Waals surface area contributed by atoms with Crippen LogP contribution in [0.1, 0.15) is 95.3 Å². The van der Waals surface area contributed by atoms with Gasteiger partial charge in [0, 0.05) is 56.8 Å². The van der Waals surface area contributed by atoms with Gasteiger partial charge in [-0.15, -0.1) is 11.8 Å². The number of nitrogens with two attached hydrogens (primary N) is 1. The van der Waals surface area contributed by atoms with E-state index in [1.54, 1.807) is 25.7 Å². The summed E-state index contributed by atoms with van der Waals surface area (Å²) in [5, 5.41) is 4.66. The quantitative estimate of drug-likeness (QED) is 0.156. The van der Waals surface area contributed by atoms with Crippen molar-refractivity contribution in [3.05, 3.63) is 68.9 Å². The maximum atomic E-state index is 15.8. The molecule has 1 amide bonds. The van der Waals surface area contributed by atoms with Gasteiger partial charge in [-0.05, 0) is 52.1 Å². The zero-order chi connectivity index (χ0) is 38.5. The van der Waals surface area contributed by atoms with Gasteiger partial charge in [-0.25, -0.2) is 4.39 Å². The minimum absolute atomic E-state index is 0.0552. The first kappa shape index (κ1) is 37.2. The molecule has 0 spiro atoms. The summed E-state index contributed by atoms with van der Waals surface area (Å²) in [5.74, 6) is 9.90. The fourth-order valence-corrected chi connectivity index (χ4v) is 8.24. The van der Waals surface area contributed by atoms with Crippen LogP contribution in [0.3, 0.4) is 0 Å². The average Bonchev–Trinajstić information content (AvgIpc) is 3.70. The number of fused-ring (bicyclic) bond motifs is 3. The minimum atomic E-state index is -4.95. The van der Waals surface area contributed by atoms with Crippen LogP contribution < -0.4 is 15.4 Å². The number of aryl methyl sites for hydroxylation is 1. The molecule has 3 aromatic rings. The molecule has 2 atom stereocenters. The van der Waals surface area contributed by atoms with Gasteiger partial charge in [-0.2, -0.15) is 28.2 Å². The molecule has 4 aliphatic heterocycles.